The molecule has 1 saturated heterocycles. The molecule has 3 aromatic rings. The number of hydrogen-bond acceptors (Lipinski definition) is 6. The Hall–Kier alpha value is -3.19. The van der Waals surface area contributed by atoms with E-state index in [0.29, 0.717) is 30.1 Å². The van der Waals surface area contributed by atoms with Crippen LogP contribution in [0.5, 0.6) is 11.5 Å². The number of esters is 1. The summed E-state index contributed by atoms with van der Waals surface area (Å²) < 4.78 is 11.1. The van der Waals surface area contributed by atoms with E-state index in [-0.39, 0.29) is 5.91 Å². The summed E-state index contributed by atoms with van der Waals surface area (Å²) in [5, 5.41) is 1.91. The number of aromatic nitrogens is 1. The summed E-state index contributed by atoms with van der Waals surface area (Å²) in [5.74, 6) is 0.655. The number of carbonyl (C=O) groups excluding carboxylic acids is 2. The summed E-state index contributed by atoms with van der Waals surface area (Å²) in [7, 11) is 0. The maximum atomic E-state index is 12.4. The smallest absolute Gasteiger partial charge is 0.343 e. The van der Waals surface area contributed by atoms with Crippen molar-refractivity contribution in [2.45, 2.75) is 19.4 Å². The van der Waals surface area contributed by atoms with Gasteiger partial charge in [-0.2, -0.15) is 0 Å². The normalized spacial score (nSPS) is 13.6. The first kappa shape index (κ1) is 18.2. The molecule has 28 heavy (non-hydrogen) atoms. The lowest BCUT2D eigenvalue weighted by Crippen LogP contribution is -2.23. The Balaban J connectivity index is 1.39. The average molecular weight is 394 g/mol. The van der Waals surface area contributed by atoms with E-state index in [4.69, 9.17) is 9.47 Å². The number of nitrogens with zero attached hydrogens (tertiary/aromatic N) is 2. The molecule has 6 nitrogen and oxygen atoms in total. The van der Waals surface area contributed by atoms with Gasteiger partial charge in [0.15, 0.2) is 0 Å². The van der Waals surface area contributed by atoms with Gasteiger partial charge in [0, 0.05) is 24.0 Å². The first-order valence-electron chi connectivity index (χ1n) is 8.91. The van der Waals surface area contributed by atoms with Gasteiger partial charge in [-0.25, -0.2) is 9.78 Å². The van der Waals surface area contributed by atoms with Crippen molar-refractivity contribution < 1.29 is 19.1 Å². The molecule has 4 rings (SSSR count). The zero-order valence-electron chi connectivity index (χ0n) is 15.0. The quantitative estimate of drug-likeness (QED) is 0.466. The Bertz CT molecular complexity index is 970. The largest absolute Gasteiger partial charge is 0.487 e. The van der Waals surface area contributed by atoms with Crippen LogP contribution in [0.25, 0.3) is 0 Å². The van der Waals surface area contributed by atoms with Gasteiger partial charge < -0.3 is 14.4 Å². The predicted molar refractivity (Wildman–Crippen MR) is 106 cm³/mol. The number of amides is 1. The Morgan fingerprint density at radius 2 is 2.00 bits per heavy atom. The Morgan fingerprint density at radius 1 is 1.14 bits per heavy atom. The zero-order valence-corrected chi connectivity index (χ0v) is 15.9. The van der Waals surface area contributed by atoms with Gasteiger partial charge >= 0.3 is 5.97 Å². The minimum atomic E-state index is -0.468. The summed E-state index contributed by atoms with van der Waals surface area (Å²) in [6.45, 7) is 1.07. The molecule has 0 aliphatic carbocycles. The number of hydrogen-bond donors (Lipinski definition) is 0. The predicted octanol–water partition coefficient (Wildman–Crippen LogP) is 4.07. The molecule has 0 radical (unpaired) electrons. The first-order valence-corrected chi connectivity index (χ1v) is 9.86. The highest BCUT2D eigenvalue weighted by Crippen LogP contribution is 2.24. The molecule has 0 spiro atoms. The van der Waals surface area contributed by atoms with Gasteiger partial charge in [-0.15, -0.1) is 11.3 Å². The van der Waals surface area contributed by atoms with Crippen molar-refractivity contribution in [2.24, 2.45) is 0 Å². The van der Waals surface area contributed by atoms with E-state index in [2.05, 4.69) is 4.98 Å². The maximum Gasteiger partial charge on any atom is 0.343 e. The summed E-state index contributed by atoms with van der Waals surface area (Å²) in [6.07, 6.45) is 1.45. The van der Waals surface area contributed by atoms with Crippen molar-refractivity contribution in [1.82, 2.24) is 4.98 Å². The van der Waals surface area contributed by atoms with Crippen molar-refractivity contribution in [1.29, 1.82) is 0 Å². The summed E-state index contributed by atoms with van der Waals surface area (Å²) in [4.78, 5) is 30.2. The zero-order chi connectivity index (χ0) is 19.3. The van der Waals surface area contributed by atoms with E-state index in [9.17, 15) is 9.59 Å². The van der Waals surface area contributed by atoms with E-state index in [1.54, 1.807) is 58.9 Å². The fourth-order valence-electron chi connectivity index (χ4n) is 2.96. The third-order valence-corrected chi connectivity index (χ3v) is 5.01. The van der Waals surface area contributed by atoms with Crippen LogP contribution in [-0.4, -0.2) is 23.4 Å². The van der Waals surface area contributed by atoms with Gasteiger partial charge in [-0.1, -0.05) is 6.07 Å². The molecular formula is C21H18N2O4S. The molecule has 2 aromatic carbocycles. The average Bonchev–Trinajstić information content (AvgIpc) is 3.39. The summed E-state index contributed by atoms with van der Waals surface area (Å²) in [5.41, 5.74) is 3.81. The van der Waals surface area contributed by atoms with E-state index >= 15 is 0 Å². The minimum absolute atomic E-state index is 0.124. The van der Waals surface area contributed by atoms with Crippen molar-refractivity contribution in [3.05, 3.63) is 70.7 Å². The molecular weight excluding hydrogens is 376 g/mol. The highest BCUT2D eigenvalue weighted by molar-refractivity contribution is 7.07. The van der Waals surface area contributed by atoms with Crippen LogP contribution >= 0.6 is 11.3 Å². The lowest BCUT2D eigenvalue weighted by atomic mass is 10.2. The molecule has 2 heterocycles. The second-order valence-electron chi connectivity index (χ2n) is 6.33. The molecule has 0 unspecified atom stereocenters. The van der Waals surface area contributed by atoms with Crippen LogP contribution in [0.3, 0.4) is 0 Å². The molecule has 1 aliphatic heterocycles. The van der Waals surface area contributed by atoms with E-state index in [1.807, 2.05) is 5.38 Å². The molecule has 1 amide bonds. The standard InChI is InChI=1S/C21H18N2O4S/c24-20-5-2-10-23(20)17-6-8-18(9-7-17)27-21(25)15-3-1-4-19(11-15)26-12-16-13-28-14-22-16/h1,3-4,6-9,11,13-14H,2,5,10,12H2. The number of carbonyl (C=O) groups is 2. The number of thiazole rings is 1. The maximum absolute atomic E-state index is 12.4. The van der Waals surface area contributed by atoms with E-state index in [0.717, 1.165) is 24.3 Å². The number of benzene rings is 2. The van der Waals surface area contributed by atoms with Crippen molar-refractivity contribution in [2.75, 3.05) is 11.4 Å². The van der Waals surface area contributed by atoms with Crippen LogP contribution in [0.15, 0.2) is 59.4 Å². The summed E-state index contributed by atoms with van der Waals surface area (Å²) in [6, 6.07) is 13.8. The summed E-state index contributed by atoms with van der Waals surface area (Å²) >= 11 is 1.51. The van der Waals surface area contributed by atoms with Gasteiger partial charge in [0.1, 0.15) is 18.1 Å². The fraction of sp³-hybridized carbons (Fsp3) is 0.190. The Kier molecular flexibility index (Phi) is 5.34. The topological polar surface area (TPSA) is 68.7 Å². The fourth-order valence-corrected chi connectivity index (χ4v) is 3.50. The monoisotopic (exact) mass is 394 g/mol. The molecule has 0 bridgehead atoms. The van der Waals surface area contributed by atoms with Crippen molar-refractivity contribution >= 4 is 28.9 Å². The third-order valence-electron chi connectivity index (χ3n) is 4.37. The van der Waals surface area contributed by atoms with Crippen LogP contribution in [0, 0.1) is 0 Å². The Labute approximate surface area is 166 Å². The molecule has 1 fully saturated rings. The molecule has 1 aromatic heterocycles. The molecule has 0 atom stereocenters. The molecule has 0 saturated carbocycles. The lowest BCUT2D eigenvalue weighted by Gasteiger charge is -2.15. The van der Waals surface area contributed by atoms with Gasteiger partial charge in [0.25, 0.3) is 0 Å². The molecule has 7 heteroatoms. The van der Waals surface area contributed by atoms with Crippen LogP contribution < -0.4 is 14.4 Å². The third kappa shape index (κ3) is 4.20. The first-order chi connectivity index (χ1) is 13.7. The minimum Gasteiger partial charge on any atom is -0.487 e. The molecule has 1 aliphatic rings. The van der Waals surface area contributed by atoms with E-state index in [1.165, 1.54) is 11.3 Å². The highest BCUT2D eigenvalue weighted by Gasteiger charge is 2.21. The number of rotatable bonds is 6. The van der Waals surface area contributed by atoms with Gasteiger partial charge in [-0.05, 0) is 48.9 Å². The van der Waals surface area contributed by atoms with Crippen LogP contribution in [0.2, 0.25) is 0 Å². The van der Waals surface area contributed by atoms with Crippen LogP contribution in [0.1, 0.15) is 28.9 Å². The Morgan fingerprint density at radius 3 is 2.71 bits per heavy atom. The number of ether oxygens (including phenoxy) is 2. The highest BCUT2D eigenvalue weighted by atomic mass is 32.1. The van der Waals surface area contributed by atoms with Gasteiger partial charge in [0.05, 0.1) is 16.8 Å². The van der Waals surface area contributed by atoms with Crippen molar-refractivity contribution in [3.8, 4) is 11.5 Å². The van der Waals surface area contributed by atoms with Gasteiger partial charge in [-0.3, -0.25) is 4.79 Å². The van der Waals surface area contributed by atoms with Crippen LogP contribution in [0.4, 0.5) is 5.69 Å². The second kappa shape index (κ2) is 8.22. The van der Waals surface area contributed by atoms with E-state index < -0.39 is 5.97 Å². The molecule has 142 valence electrons. The molecule has 0 N–H and O–H groups in total. The van der Waals surface area contributed by atoms with Gasteiger partial charge in [0.2, 0.25) is 5.91 Å². The van der Waals surface area contributed by atoms with Crippen molar-refractivity contribution in [3.63, 3.8) is 0 Å². The van der Waals surface area contributed by atoms with Crippen LogP contribution in [-0.2, 0) is 11.4 Å². The lowest BCUT2D eigenvalue weighted by molar-refractivity contribution is -0.117. The SMILES string of the molecule is O=C(Oc1ccc(N2CCCC2=O)cc1)c1cccc(OCc2cscn2)c1. The number of anilines is 1. The second-order valence-corrected chi connectivity index (χ2v) is 7.05.